The first-order valence-electron chi connectivity index (χ1n) is 9.09. The topological polar surface area (TPSA) is 70.0 Å². The van der Waals surface area contributed by atoms with Gasteiger partial charge in [0.2, 0.25) is 0 Å². The predicted octanol–water partition coefficient (Wildman–Crippen LogP) is 1.91. The van der Waals surface area contributed by atoms with Gasteiger partial charge >= 0.3 is 6.03 Å². The number of nitrogens with one attached hydrogen (secondary N) is 1. The van der Waals surface area contributed by atoms with Gasteiger partial charge in [-0.3, -0.25) is 9.20 Å². The number of carbonyl (C=O) groups excluding carboxylic acids is 2. The number of pyridine rings is 1. The number of aryl methyl sites for hydroxylation is 1. The highest BCUT2D eigenvalue weighted by Crippen LogP contribution is 2.48. The fraction of sp³-hybridized carbons (Fsp3) is 0.526. The molecule has 7 nitrogen and oxygen atoms in total. The van der Waals surface area contributed by atoms with Gasteiger partial charge in [-0.15, -0.1) is 0 Å². The van der Waals surface area contributed by atoms with E-state index >= 15 is 0 Å². The predicted molar refractivity (Wildman–Crippen MR) is 98.1 cm³/mol. The molecule has 2 aliphatic rings. The lowest BCUT2D eigenvalue weighted by atomic mass is 9.65. The number of aromatic nitrogens is 2. The molecule has 1 aliphatic heterocycles. The van der Waals surface area contributed by atoms with Crippen molar-refractivity contribution in [3.8, 4) is 0 Å². The number of rotatable bonds is 2. The van der Waals surface area contributed by atoms with E-state index in [4.69, 9.17) is 0 Å². The summed E-state index contributed by atoms with van der Waals surface area (Å²) < 4.78 is 1.88. The quantitative estimate of drug-likeness (QED) is 0.895. The normalized spacial score (nSPS) is 24.7. The molecule has 0 bridgehead atoms. The van der Waals surface area contributed by atoms with Crippen LogP contribution in [0.15, 0.2) is 24.4 Å². The fourth-order valence-electron chi connectivity index (χ4n) is 4.35. The van der Waals surface area contributed by atoms with Gasteiger partial charge in [-0.2, -0.15) is 0 Å². The Morgan fingerprint density at radius 1 is 1.31 bits per heavy atom. The average Bonchev–Trinajstić information content (AvgIpc) is 3.14. The van der Waals surface area contributed by atoms with Gasteiger partial charge < -0.3 is 15.1 Å². The van der Waals surface area contributed by atoms with E-state index in [1.807, 2.05) is 40.6 Å². The zero-order valence-electron chi connectivity index (χ0n) is 15.5. The summed E-state index contributed by atoms with van der Waals surface area (Å²) in [6.45, 7) is 3.43. The minimum absolute atomic E-state index is 0.0443. The molecule has 2 aromatic heterocycles. The standard InChI is InChI=1S/C19H25N5O2/c1-13-16(24-8-5-4-6-15(24)20-13)17(25)23-9-7-19(12-23)10-14(11-19)21-18(26)22(2)3/h4-6,8,14H,7,9-12H2,1-3H3,(H,21,26). The van der Waals surface area contributed by atoms with Crippen molar-refractivity contribution >= 4 is 17.6 Å². The number of hydrogen-bond acceptors (Lipinski definition) is 3. The zero-order chi connectivity index (χ0) is 18.5. The summed E-state index contributed by atoms with van der Waals surface area (Å²) in [7, 11) is 3.50. The Bertz CT molecular complexity index is 866. The molecule has 1 saturated heterocycles. The van der Waals surface area contributed by atoms with Crippen molar-refractivity contribution in [2.45, 2.75) is 32.2 Å². The fourth-order valence-corrected chi connectivity index (χ4v) is 4.35. The molecular weight excluding hydrogens is 330 g/mol. The van der Waals surface area contributed by atoms with Crippen LogP contribution >= 0.6 is 0 Å². The van der Waals surface area contributed by atoms with Crippen LogP contribution in [0.4, 0.5) is 4.79 Å². The first-order valence-corrected chi connectivity index (χ1v) is 9.09. The van der Waals surface area contributed by atoms with E-state index in [9.17, 15) is 9.59 Å². The number of likely N-dealkylation sites (tertiary alicyclic amines) is 1. The Morgan fingerprint density at radius 3 is 2.81 bits per heavy atom. The van der Waals surface area contributed by atoms with Crippen molar-refractivity contribution in [1.29, 1.82) is 0 Å². The molecule has 1 aliphatic carbocycles. The maximum atomic E-state index is 13.1. The van der Waals surface area contributed by atoms with Gasteiger partial charge in [-0.05, 0) is 43.7 Å². The van der Waals surface area contributed by atoms with E-state index in [0.29, 0.717) is 5.69 Å². The van der Waals surface area contributed by atoms with Crippen LogP contribution in [0.5, 0.6) is 0 Å². The van der Waals surface area contributed by atoms with E-state index in [2.05, 4.69) is 10.3 Å². The second kappa shape index (κ2) is 6.00. The van der Waals surface area contributed by atoms with Crippen LogP contribution in [0, 0.1) is 12.3 Å². The molecule has 138 valence electrons. The number of hydrogen-bond donors (Lipinski definition) is 1. The van der Waals surface area contributed by atoms with E-state index in [0.717, 1.165) is 43.7 Å². The van der Waals surface area contributed by atoms with Crippen molar-refractivity contribution in [3.05, 3.63) is 35.8 Å². The molecule has 4 rings (SSSR count). The van der Waals surface area contributed by atoms with Crippen molar-refractivity contribution in [3.63, 3.8) is 0 Å². The number of fused-ring (bicyclic) bond motifs is 1. The van der Waals surface area contributed by atoms with Gasteiger partial charge in [0.05, 0.1) is 5.69 Å². The molecule has 1 saturated carbocycles. The SMILES string of the molecule is Cc1nc2ccccn2c1C(=O)N1CCC2(CC(NC(=O)N(C)C)C2)C1. The summed E-state index contributed by atoms with van der Waals surface area (Å²) in [4.78, 5) is 32.9. The van der Waals surface area contributed by atoms with Gasteiger partial charge in [0, 0.05) is 39.4 Å². The van der Waals surface area contributed by atoms with Crippen LogP contribution in [-0.4, -0.2) is 64.3 Å². The summed E-state index contributed by atoms with van der Waals surface area (Å²) in [6.07, 6.45) is 4.79. The Kier molecular flexibility index (Phi) is 3.89. The van der Waals surface area contributed by atoms with E-state index in [1.54, 1.807) is 19.0 Å². The number of amides is 3. The molecule has 0 atom stereocenters. The van der Waals surface area contributed by atoms with E-state index in [1.165, 1.54) is 0 Å². The smallest absolute Gasteiger partial charge is 0.317 e. The Morgan fingerprint density at radius 2 is 2.08 bits per heavy atom. The van der Waals surface area contributed by atoms with Crippen molar-refractivity contribution in [1.82, 2.24) is 24.5 Å². The molecule has 2 aromatic rings. The van der Waals surface area contributed by atoms with Gasteiger partial charge in [0.15, 0.2) is 0 Å². The van der Waals surface area contributed by atoms with Crippen LogP contribution in [-0.2, 0) is 0 Å². The van der Waals surface area contributed by atoms with Gasteiger partial charge in [-0.25, -0.2) is 9.78 Å². The van der Waals surface area contributed by atoms with Crippen LogP contribution in [0.25, 0.3) is 5.65 Å². The van der Waals surface area contributed by atoms with Gasteiger partial charge in [0.1, 0.15) is 11.3 Å². The number of urea groups is 1. The monoisotopic (exact) mass is 355 g/mol. The van der Waals surface area contributed by atoms with E-state index < -0.39 is 0 Å². The molecule has 3 amide bonds. The maximum Gasteiger partial charge on any atom is 0.317 e. The molecular formula is C19H25N5O2. The molecule has 26 heavy (non-hydrogen) atoms. The molecule has 7 heteroatoms. The lowest BCUT2D eigenvalue weighted by Gasteiger charge is -2.45. The zero-order valence-corrected chi connectivity index (χ0v) is 15.5. The highest BCUT2D eigenvalue weighted by atomic mass is 16.2. The van der Waals surface area contributed by atoms with Gasteiger partial charge in [0.25, 0.3) is 5.91 Å². The van der Waals surface area contributed by atoms with E-state index in [-0.39, 0.29) is 23.4 Å². The third kappa shape index (κ3) is 2.71. The summed E-state index contributed by atoms with van der Waals surface area (Å²) in [5.74, 6) is 0.0545. The van der Waals surface area contributed by atoms with Crippen LogP contribution in [0.3, 0.4) is 0 Å². The second-order valence-corrected chi connectivity index (χ2v) is 7.90. The first kappa shape index (κ1) is 16.9. The lowest BCUT2D eigenvalue weighted by molar-refractivity contribution is 0.0659. The minimum Gasteiger partial charge on any atom is -0.337 e. The summed E-state index contributed by atoms with van der Waals surface area (Å²) in [6, 6.07) is 5.94. The second-order valence-electron chi connectivity index (χ2n) is 7.90. The summed E-state index contributed by atoms with van der Waals surface area (Å²) in [5, 5.41) is 3.04. The molecule has 1 spiro atoms. The highest BCUT2D eigenvalue weighted by Gasteiger charge is 2.50. The average molecular weight is 355 g/mol. The van der Waals surface area contributed by atoms with Crippen molar-refractivity contribution in [2.24, 2.45) is 5.41 Å². The Hall–Kier alpha value is -2.57. The minimum atomic E-state index is -0.0443. The number of imidazole rings is 1. The molecule has 1 N–H and O–H groups in total. The summed E-state index contributed by atoms with van der Waals surface area (Å²) in [5.41, 5.74) is 2.40. The van der Waals surface area contributed by atoms with Gasteiger partial charge in [-0.1, -0.05) is 6.07 Å². The molecule has 0 unspecified atom stereocenters. The Balaban J connectivity index is 1.44. The third-order valence-electron chi connectivity index (χ3n) is 5.72. The largest absolute Gasteiger partial charge is 0.337 e. The third-order valence-corrected chi connectivity index (χ3v) is 5.72. The highest BCUT2D eigenvalue weighted by molar-refractivity contribution is 5.95. The Labute approximate surface area is 153 Å². The van der Waals surface area contributed by atoms with Crippen molar-refractivity contribution < 1.29 is 9.59 Å². The maximum absolute atomic E-state index is 13.1. The van der Waals surface area contributed by atoms with Crippen molar-refractivity contribution in [2.75, 3.05) is 27.2 Å². The van der Waals surface area contributed by atoms with Crippen LogP contribution in [0.2, 0.25) is 0 Å². The molecule has 0 aromatic carbocycles. The van der Waals surface area contributed by atoms with Crippen LogP contribution < -0.4 is 5.32 Å². The molecule has 3 heterocycles. The number of carbonyl (C=O) groups is 2. The lowest BCUT2D eigenvalue weighted by Crippen LogP contribution is -2.54. The number of nitrogens with zero attached hydrogens (tertiary/aromatic N) is 4. The van der Waals surface area contributed by atoms with Crippen LogP contribution in [0.1, 0.15) is 35.4 Å². The summed E-state index contributed by atoms with van der Waals surface area (Å²) >= 11 is 0. The first-order chi connectivity index (χ1) is 12.4. The molecule has 0 radical (unpaired) electrons. The molecule has 2 fully saturated rings.